The molecule has 1 aliphatic heterocycles. The molecule has 0 fully saturated rings. The minimum absolute atomic E-state index is 0.0287. The molecule has 0 saturated heterocycles. The van der Waals surface area contributed by atoms with Crippen LogP contribution in [0.25, 0.3) is 0 Å². The van der Waals surface area contributed by atoms with Gasteiger partial charge in [-0.05, 0) is 17.7 Å². The highest BCUT2D eigenvalue weighted by Crippen LogP contribution is 2.32. The second kappa shape index (κ2) is 6.56. The van der Waals surface area contributed by atoms with Crippen molar-refractivity contribution in [1.82, 2.24) is 0 Å². The van der Waals surface area contributed by atoms with E-state index >= 15 is 0 Å². The Bertz CT molecular complexity index is 1100. The van der Waals surface area contributed by atoms with Crippen molar-refractivity contribution in [1.29, 1.82) is 0 Å². The minimum atomic E-state index is -5.16. The van der Waals surface area contributed by atoms with Gasteiger partial charge in [-0.25, -0.2) is 4.39 Å². The number of halogens is 1. The lowest BCUT2D eigenvalue weighted by Crippen LogP contribution is -2.16. The molecular formula is C17H14FNO5S. The molecule has 0 saturated carbocycles. The summed E-state index contributed by atoms with van der Waals surface area (Å²) in [4.78, 5) is 12.7. The van der Waals surface area contributed by atoms with Gasteiger partial charge in [-0.15, -0.1) is 0 Å². The van der Waals surface area contributed by atoms with Crippen LogP contribution in [0.15, 0.2) is 66.2 Å². The van der Waals surface area contributed by atoms with E-state index < -0.39 is 50.7 Å². The van der Waals surface area contributed by atoms with E-state index in [1.165, 1.54) is 24.3 Å². The van der Waals surface area contributed by atoms with Gasteiger partial charge in [-0.1, -0.05) is 42.4 Å². The molecule has 8 heteroatoms. The lowest BCUT2D eigenvalue weighted by Gasteiger charge is -2.09. The predicted octanol–water partition coefficient (Wildman–Crippen LogP) is 2.14. The van der Waals surface area contributed by atoms with Gasteiger partial charge in [0, 0.05) is 5.56 Å². The quantitative estimate of drug-likeness (QED) is 0.814. The van der Waals surface area contributed by atoms with Gasteiger partial charge in [-0.2, -0.15) is 8.42 Å². The average molecular weight is 367 g/mol. The number of benzene rings is 2. The summed E-state index contributed by atoms with van der Waals surface area (Å²) in [7, 11) is -5.16. The molecule has 1 aliphatic rings. The lowest BCUT2D eigenvalue weighted by atomic mass is 10.1. The zero-order valence-corrected chi connectivity index (χ0v) is 13.3. The Hall–Kier alpha value is -2.87. The first-order valence-electron chi connectivity index (χ1n) is 8.89. The molecule has 0 spiro atoms. The topological polar surface area (TPSA) is 95.7 Å². The molecule has 0 aliphatic carbocycles. The smallest absolute Gasteiger partial charge is 0.313 e. The highest BCUT2D eigenvalue weighted by Gasteiger charge is 2.39. The predicted molar refractivity (Wildman–Crippen MR) is 86.6 cm³/mol. The fourth-order valence-corrected chi connectivity index (χ4v) is 2.86. The van der Waals surface area contributed by atoms with Crippen LogP contribution < -0.4 is 5.73 Å². The van der Waals surface area contributed by atoms with Crippen molar-refractivity contribution in [2.75, 3.05) is 0 Å². The first-order valence-corrected chi connectivity index (χ1v) is 8.30. The molecule has 0 unspecified atom stereocenters. The van der Waals surface area contributed by atoms with Gasteiger partial charge in [0.1, 0.15) is 11.5 Å². The standard InChI is InChI=1S/C17H14FNO5S/c18-13-8-6-11(7-9-13)10-25(21,22)24-16-14(20)15(23-17(16)19)12-4-2-1-3-5-12/h1-9,15H,10,19H2/t15-/m1/s1/i1D,10D2,15D. The first-order chi connectivity index (χ1) is 13.4. The molecule has 3 rings (SSSR count). The summed E-state index contributed by atoms with van der Waals surface area (Å²) in [6.07, 6.45) is -2.45. The highest BCUT2D eigenvalue weighted by molar-refractivity contribution is 7.86. The van der Waals surface area contributed by atoms with Crippen LogP contribution in [0.3, 0.4) is 0 Å². The second-order valence-corrected chi connectivity index (χ2v) is 6.17. The van der Waals surface area contributed by atoms with Crippen molar-refractivity contribution >= 4 is 15.9 Å². The van der Waals surface area contributed by atoms with Gasteiger partial charge in [0.2, 0.25) is 17.4 Å². The van der Waals surface area contributed by atoms with E-state index in [0.29, 0.717) is 0 Å². The van der Waals surface area contributed by atoms with Gasteiger partial charge in [0.25, 0.3) is 0 Å². The Kier molecular flexibility index (Phi) is 3.28. The van der Waals surface area contributed by atoms with Gasteiger partial charge in [0.05, 0.1) is 5.48 Å². The van der Waals surface area contributed by atoms with Gasteiger partial charge < -0.3 is 14.7 Å². The minimum Gasteiger partial charge on any atom is -0.460 e. The van der Waals surface area contributed by atoms with Crippen LogP contribution in [0.2, 0.25) is 0 Å². The molecule has 1 heterocycles. The van der Waals surface area contributed by atoms with E-state index in [-0.39, 0.29) is 11.6 Å². The van der Waals surface area contributed by atoms with E-state index in [9.17, 15) is 17.6 Å². The normalized spacial score (nSPS) is 23.3. The average Bonchev–Trinajstić information content (AvgIpc) is 2.86. The lowest BCUT2D eigenvalue weighted by molar-refractivity contribution is -0.123. The molecule has 0 bridgehead atoms. The number of ether oxygens (including phenoxy) is 1. The van der Waals surface area contributed by atoms with Crippen LogP contribution in [0.4, 0.5) is 4.39 Å². The molecule has 6 nitrogen and oxygen atoms in total. The Labute approximate surface area is 149 Å². The van der Waals surface area contributed by atoms with Crippen molar-refractivity contribution in [3.05, 3.63) is 83.2 Å². The molecule has 0 amide bonds. The van der Waals surface area contributed by atoms with E-state index in [2.05, 4.69) is 4.18 Å². The zero-order chi connectivity index (χ0) is 21.6. The largest absolute Gasteiger partial charge is 0.460 e. The van der Waals surface area contributed by atoms with E-state index in [1.54, 1.807) is 0 Å². The number of carbonyl (C=O) groups is 1. The van der Waals surface area contributed by atoms with Crippen LogP contribution in [0, 0.1) is 5.82 Å². The van der Waals surface area contributed by atoms with Crippen LogP contribution in [0.5, 0.6) is 0 Å². The highest BCUT2D eigenvalue weighted by atomic mass is 32.2. The van der Waals surface area contributed by atoms with Crippen LogP contribution in [-0.2, 0) is 29.5 Å². The number of rotatable bonds is 5. The van der Waals surface area contributed by atoms with Crippen LogP contribution in [-0.4, -0.2) is 14.2 Å². The van der Waals surface area contributed by atoms with Gasteiger partial charge in [0.15, 0.2) is 6.08 Å². The van der Waals surface area contributed by atoms with E-state index in [1.807, 2.05) is 0 Å². The molecule has 25 heavy (non-hydrogen) atoms. The number of nitrogens with two attached hydrogens (primary N) is 1. The number of Topliss-reactive ketones (excluding diaryl/α,β-unsaturated/α-hetero) is 1. The maximum atomic E-state index is 13.1. The van der Waals surface area contributed by atoms with Crippen molar-refractivity contribution in [2.24, 2.45) is 5.73 Å². The third-order valence-corrected chi connectivity index (χ3v) is 3.98. The molecule has 2 N–H and O–H groups in total. The van der Waals surface area contributed by atoms with Gasteiger partial charge in [-0.3, -0.25) is 4.79 Å². The number of hydrogen-bond acceptors (Lipinski definition) is 6. The molecule has 1 atom stereocenters. The Morgan fingerprint density at radius 2 is 1.92 bits per heavy atom. The van der Waals surface area contributed by atoms with Crippen molar-refractivity contribution in [2.45, 2.75) is 11.8 Å². The molecule has 0 radical (unpaired) electrons. The monoisotopic (exact) mass is 367 g/mol. The van der Waals surface area contributed by atoms with Crippen molar-refractivity contribution < 1.29 is 32.0 Å². The fraction of sp³-hybridized carbons (Fsp3) is 0.118. The zero-order valence-electron chi connectivity index (χ0n) is 16.5. The van der Waals surface area contributed by atoms with E-state index in [0.717, 1.165) is 24.3 Å². The van der Waals surface area contributed by atoms with Crippen molar-refractivity contribution in [3.8, 4) is 0 Å². The summed E-state index contributed by atoms with van der Waals surface area (Å²) >= 11 is 0. The number of hydrogen-bond donors (Lipinski definition) is 1. The molecule has 130 valence electrons. The molecule has 2 aromatic carbocycles. The maximum absolute atomic E-state index is 13.1. The Morgan fingerprint density at radius 3 is 2.56 bits per heavy atom. The SMILES string of the molecule is [2H]c1ccc([C@@]2([2H])OC(N)=C(OS(=O)(=O)C([2H])([2H])c3ccc(F)cc3)C2=O)cc1. The summed E-state index contributed by atoms with van der Waals surface area (Å²) in [5.74, 6) is -3.81. The summed E-state index contributed by atoms with van der Waals surface area (Å²) in [5.41, 5.74) is 1.91. The van der Waals surface area contributed by atoms with E-state index in [4.69, 9.17) is 16.0 Å². The van der Waals surface area contributed by atoms with Crippen molar-refractivity contribution in [3.63, 3.8) is 0 Å². The maximum Gasteiger partial charge on any atom is 0.313 e. The fourth-order valence-electron chi connectivity index (χ4n) is 2.02. The van der Waals surface area contributed by atoms with Gasteiger partial charge >= 0.3 is 10.1 Å². The number of carbonyl (C=O) groups excluding carboxylic acids is 1. The summed E-state index contributed by atoms with van der Waals surface area (Å²) in [6.45, 7) is 0. The first kappa shape index (κ1) is 12.5. The summed E-state index contributed by atoms with van der Waals surface area (Å²) in [5, 5.41) is 0. The third-order valence-electron chi connectivity index (χ3n) is 3.11. The Balaban J connectivity index is 1.92. The summed E-state index contributed by atoms with van der Waals surface area (Å²) < 4.78 is 79.2. The molecule has 2 aromatic rings. The van der Waals surface area contributed by atoms with Crippen LogP contribution >= 0.6 is 0 Å². The Morgan fingerprint density at radius 1 is 1.28 bits per heavy atom. The molecule has 0 aromatic heterocycles. The molecular weight excluding hydrogens is 349 g/mol. The van der Waals surface area contributed by atoms with Crippen LogP contribution in [0.1, 0.15) is 22.7 Å². The summed E-state index contributed by atoms with van der Waals surface area (Å²) in [6, 6.07) is 8.77. The number of ketones is 1. The third kappa shape index (κ3) is 3.80. The second-order valence-electron chi connectivity index (χ2n) is 4.89.